The molecule has 23 heavy (non-hydrogen) atoms. The van der Waals surface area contributed by atoms with Crippen molar-refractivity contribution < 1.29 is 0 Å². The summed E-state index contributed by atoms with van der Waals surface area (Å²) in [6.45, 7) is 2.62. The number of hydrogen-bond donors (Lipinski definition) is 2. The normalized spacial score (nSPS) is 11.0. The largest absolute Gasteiger partial charge is 0.338 e. The smallest absolute Gasteiger partial charge is 0.183 e. The summed E-state index contributed by atoms with van der Waals surface area (Å²) < 4.78 is 1.88. The number of hydrogen-bond acceptors (Lipinski definition) is 5. The molecule has 0 aliphatic heterocycles. The Morgan fingerprint density at radius 3 is 2.91 bits per heavy atom. The number of aromatic nitrogens is 6. The highest BCUT2D eigenvalue weighted by Crippen LogP contribution is 2.20. The van der Waals surface area contributed by atoms with Crippen LogP contribution < -0.4 is 5.32 Å². The molecule has 4 rings (SSSR count). The first-order chi connectivity index (χ1) is 11.3. The third-order valence-electron chi connectivity index (χ3n) is 3.49. The van der Waals surface area contributed by atoms with E-state index in [1.165, 1.54) is 11.9 Å². The standard InChI is InChI=1S/C16H15N7/c1-11-20-14-15(21-11)17-10-18-16(14)22-13-7-19-23(9-13)8-12-5-3-2-4-6-12/h2-7,9-10H,8H2,1H3,(H2,17,18,20,21,22). The molecule has 7 nitrogen and oxygen atoms in total. The van der Waals surface area contributed by atoms with E-state index in [4.69, 9.17) is 0 Å². The van der Waals surface area contributed by atoms with Crippen LogP contribution in [0.25, 0.3) is 11.2 Å². The minimum absolute atomic E-state index is 0.650. The van der Waals surface area contributed by atoms with Gasteiger partial charge in [0.1, 0.15) is 17.7 Å². The highest BCUT2D eigenvalue weighted by Gasteiger charge is 2.09. The molecule has 3 aromatic heterocycles. The molecule has 0 radical (unpaired) electrons. The number of anilines is 2. The monoisotopic (exact) mass is 305 g/mol. The van der Waals surface area contributed by atoms with E-state index in [1.54, 1.807) is 6.20 Å². The maximum Gasteiger partial charge on any atom is 0.183 e. The van der Waals surface area contributed by atoms with Crippen molar-refractivity contribution in [3.8, 4) is 0 Å². The van der Waals surface area contributed by atoms with Gasteiger partial charge in [0.05, 0.1) is 18.4 Å². The van der Waals surface area contributed by atoms with Crippen LogP contribution in [-0.4, -0.2) is 29.7 Å². The fourth-order valence-corrected chi connectivity index (χ4v) is 2.46. The van der Waals surface area contributed by atoms with Crippen molar-refractivity contribution >= 4 is 22.7 Å². The van der Waals surface area contributed by atoms with Gasteiger partial charge in [0.15, 0.2) is 11.5 Å². The average Bonchev–Trinajstić information content (AvgIpc) is 3.14. The first-order valence-electron chi connectivity index (χ1n) is 7.29. The molecule has 0 aliphatic carbocycles. The molecular formula is C16H15N7. The van der Waals surface area contributed by atoms with E-state index in [-0.39, 0.29) is 0 Å². The second-order valence-corrected chi connectivity index (χ2v) is 5.28. The molecule has 2 N–H and O–H groups in total. The van der Waals surface area contributed by atoms with Crippen LogP contribution in [0, 0.1) is 6.92 Å². The van der Waals surface area contributed by atoms with Crippen molar-refractivity contribution in [3.05, 3.63) is 60.4 Å². The first-order valence-corrected chi connectivity index (χ1v) is 7.29. The number of nitrogens with zero attached hydrogens (tertiary/aromatic N) is 5. The van der Waals surface area contributed by atoms with Crippen molar-refractivity contribution in [2.45, 2.75) is 13.5 Å². The zero-order valence-electron chi connectivity index (χ0n) is 12.6. The Morgan fingerprint density at radius 2 is 2.04 bits per heavy atom. The minimum atomic E-state index is 0.650. The van der Waals surface area contributed by atoms with Gasteiger partial charge < -0.3 is 10.3 Å². The Balaban J connectivity index is 1.57. The lowest BCUT2D eigenvalue weighted by Gasteiger charge is -2.03. The second-order valence-electron chi connectivity index (χ2n) is 5.28. The van der Waals surface area contributed by atoms with Crippen LogP contribution in [-0.2, 0) is 6.54 Å². The molecule has 0 atom stereocenters. The molecule has 3 heterocycles. The van der Waals surface area contributed by atoms with Crippen LogP contribution in [0.5, 0.6) is 0 Å². The predicted octanol–water partition coefficient (Wildman–Crippen LogP) is 2.65. The lowest BCUT2D eigenvalue weighted by atomic mass is 10.2. The molecule has 7 heteroatoms. The highest BCUT2D eigenvalue weighted by atomic mass is 15.3. The van der Waals surface area contributed by atoms with Gasteiger partial charge in [-0.05, 0) is 12.5 Å². The van der Waals surface area contributed by atoms with Gasteiger partial charge in [-0.1, -0.05) is 30.3 Å². The van der Waals surface area contributed by atoms with Gasteiger partial charge in [-0.25, -0.2) is 15.0 Å². The number of aromatic amines is 1. The molecule has 1 aromatic carbocycles. The number of imidazole rings is 1. The molecule has 0 amide bonds. The molecule has 0 aliphatic rings. The topological polar surface area (TPSA) is 84.3 Å². The highest BCUT2D eigenvalue weighted by molar-refractivity contribution is 5.84. The van der Waals surface area contributed by atoms with Gasteiger partial charge in [-0.2, -0.15) is 5.10 Å². The molecule has 114 valence electrons. The zero-order valence-corrected chi connectivity index (χ0v) is 12.6. The maximum atomic E-state index is 4.38. The summed E-state index contributed by atoms with van der Waals surface area (Å²) in [5.74, 6) is 1.50. The third-order valence-corrected chi connectivity index (χ3v) is 3.49. The fourth-order valence-electron chi connectivity index (χ4n) is 2.46. The van der Waals surface area contributed by atoms with Crippen molar-refractivity contribution in [2.75, 3.05) is 5.32 Å². The van der Waals surface area contributed by atoms with Crippen molar-refractivity contribution in [3.63, 3.8) is 0 Å². The maximum absolute atomic E-state index is 4.38. The van der Waals surface area contributed by atoms with E-state index in [9.17, 15) is 0 Å². The molecule has 0 saturated carbocycles. The van der Waals surface area contributed by atoms with Crippen molar-refractivity contribution in [2.24, 2.45) is 0 Å². The number of nitrogens with one attached hydrogen (secondary N) is 2. The summed E-state index contributed by atoms with van der Waals surface area (Å²) in [5, 5.41) is 7.64. The van der Waals surface area contributed by atoms with Gasteiger partial charge in [-0.15, -0.1) is 0 Å². The quantitative estimate of drug-likeness (QED) is 0.605. The van der Waals surface area contributed by atoms with Crippen LogP contribution in [0.2, 0.25) is 0 Å². The van der Waals surface area contributed by atoms with Crippen LogP contribution in [0.3, 0.4) is 0 Å². The number of benzene rings is 1. The Hall–Kier alpha value is -3.22. The summed E-state index contributed by atoms with van der Waals surface area (Å²) in [5.41, 5.74) is 3.52. The van der Waals surface area contributed by atoms with E-state index in [0.717, 1.165) is 23.6 Å². The van der Waals surface area contributed by atoms with Gasteiger partial charge in [0, 0.05) is 6.20 Å². The van der Waals surface area contributed by atoms with Crippen LogP contribution in [0.1, 0.15) is 11.4 Å². The van der Waals surface area contributed by atoms with Gasteiger partial charge in [-0.3, -0.25) is 4.68 Å². The summed E-state index contributed by atoms with van der Waals surface area (Å²) in [4.78, 5) is 15.9. The molecule has 4 aromatic rings. The Morgan fingerprint density at radius 1 is 1.17 bits per heavy atom. The SMILES string of the molecule is Cc1nc2ncnc(Nc3cnn(Cc4ccccc4)c3)c2[nH]1. The van der Waals surface area contributed by atoms with E-state index < -0.39 is 0 Å². The number of H-pyrrole nitrogens is 1. The third kappa shape index (κ3) is 2.76. The summed E-state index contributed by atoms with van der Waals surface area (Å²) in [7, 11) is 0. The lowest BCUT2D eigenvalue weighted by molar-refractivity contribution is 0.687. The van der Waals surface area contributed by atoms with Crippen LogP contribution in [0.4, 0.5) is 11.5 Å². The summed E-state index contributed by atoms with van der Waals surface area (Å²) >= 11 is 0. The van der Waals surface area contributed by atoms with Gasteiger partial charge >= 0.3 is 0 Å². The van der Waals surface area contributed by atoms with Crippen LogP contribution in [0.15, 0.2) is 49.1 Å². The van der Waals surface area contributed by atoms with Gasteiger partial charge in [0.25, 0.3) is 0 Å². The van der Waals surface area contributed by atoms with Crippen molar-refractivity contribution in [1.82, 2.24) is 29.7 Å². The number of fused-ring (bicyclic) bond motifs is 1. The van der Waals surface area contributed by atoms with E-state index in [1.807, 2.05) is 36.0 Å². The lowest BCUT2D eigenvalue weighted by Crippen LogP contribution is -1.99. The summed E-state index contributed by atoms with van der Waals surface area (Å²) in [6.07, 6.45) is 5.23. The molecular weight excluding hydrogens is 290 g/mol. The fraction of sp³-hybridized carbons (Fsp3) is 0.125. The van der Waals surface area contributed by atoms with E-state index in [2.05, 4.69) is 42.5 Å². The minimum Gasteiger partial charge on any atom is -0.338 e. The number of aryl methyl sites for hydroxylation is 1. The molecule has 0 fully saturated rings. The Bertz CT molecular complexity index is 939. The Labute approximate surface area is 132 Å². The Kier molecular flexibility index (Phi) is 3.23. The summed E-state index contributed by atoms with van der Waals surface area (Å²) in [6, 6.07) is 10.2. The number of rotatable bonds is 4. The molecule has 0 saturated heterocycles. The molecule has 0 spiro atoms. The average molecular weight is 305 g/mol. The van der Waals surface area contributed by atoms with E-state index >= 15 is 0 Å². The van der Waals surface area contributed by atoms with Gasteiger partial charge in [0.2, 0.25) is 0 Å². The zero-order chi connectivity index (χ0) is 15.6. The van der Waals surface area contributed by atoms with E-state index in [0.29, 0.717) is 11.5 Å². The van der Waals surface area contributed by atoms with Crippen molar-refractivity contribution in [1.29, 1.82) is 0 Å². The predicted molar refractivity (Wildman–Crippen MR) is 87.5 cm³/mol. The van der Waals surface area contributed by atoms with Crippen LogP contribution >= 0.6 is 0 Å². The first kappa shape index (κ1) is 13.4. The second kappa shape index (κ2) is 5.53. The molecule has 0 bridgehead atoms. The molecule has 0 unspecified atom stereocenters.